The molecule has 142 valence electrons. The molecule has 0 spiro atoms. The zero-order valence-electron chi connectivity index (χ0n) is 15.1. The molecule has 0 aliphatic rings. The van der Waals surface area contributed by atoms with Crippen LogP contribution in [0.25, 0.3) is 0 Å². The van der Waals surface area contributed by atoms with Gasteiger partial charge in [-0.15, -0.1) is 0 Å². The molecule has 1 amide bonds. The lowest BCUT2D eigenvalue weighted by Crippen LogP contribution is -2.16. The van der Waals surface area contributed by atoms with Crippen molar-refractivity contribution in [1.29, 1.82) is 0 Å². The van der Waals surface area contributed by atoms with E-state index in [0.29, 0.717) is 17.9 Å². The Kier molecular flexibility index (Phi) is 7.49. The van der Waals surface area contributed by atoms with E-state index < -0.39 is 10.9 Å². The lowest BCUT2D eigenvalue weighted by atomic mass is 10.1. The van der Waals surface area contributed by atoms with Crippen molar-refractivity contribution >= 4 is 23.3 Å². The van der Waals surface area contributed by atoms with E-state index in [1.807, 2.05) is 30.3 Å². The van der Waals surface area contributed by atoms with Gasteiger partial charge in [0.25, 0.3) is 5.69 Å². The van der Waals surface area contributed by atoms with Gasteiger partial charge >= 0.3 is 5.97 Å². The van der Waals surface area contributed by atoms with Crippen molar-refractivity contribution in [1.82, 2.24) is 0 Å². The molecule has 0 bridgehead atoms. The van der Waals surface area contributed by atoms with E-state index >= 15 is 0 Å². The van der Waals surface area contributed by atoms with Crippen molar-refractivity contribution in [2.24, 2.45) is 0 Å². The standard InChI is InChI=1S/C20H22N2O5/c1-15-17(10-5-11-18(15)22(25)26)21-19(23)12-13-20(24)27-14-6-9-16-7-3-2-4-8-16/h2-5,7-8,10-11H,6,9,12-14H2,1H3,(H,21,23). The molecule has 0 heterocycles. The van der Waals surface area contributed by atoms with Gasteiger partial charge in [-0.1, -0.05) is 36.4 Å². The normalized spacial score (nSPS) is 10.3. The molecule has 0 saturated carbocycles. The highest BCUT2D eigenvalue weighted by atomic mass is 16.6. The van der Waals surface area contributed by atoms with Crippen LogP contribution in [0, 0.1) is 17.0 Å². The summed E-state index contributed by atoms with van der Waals surface area (Å²) in [7, 11) is 0. The van der Waals surface area contributed by atoms with Gasteiger partial charge in [0.05, 0.1) is 29.2 Å². The quantitative estimate of drug-likeness (QED) is 0.313. The Morgan fingerprint density at radius 2 is 1.81 bits per heavy atom. The van der Waals surface area contributed by atoms with Crippen molar-refractivity contribution in [3.05, 3.63) is 69.8 Å². The zero-order valence-corrected chi connectivity index (χ0v) is 15.1. The number of ether oxygens (including phenoxy) is 1. The van der Waals surface area contributed by atoms with E-state index in [9.17, 15) is 19.7 Å². The van der Waals surface area contributed by atoms with Crippen LogP contribution in [0.4, 0.5) is 11.4 Å². The minimum Gasteiger partial charge on any atom is -0.466 e. The summed E-state index contributed by atoms with van der Waals surface area (Å²) in [6.07, 6.45) is 1.46. The number of nitro groups is 1. The summed E-state index contributed by atoms with van der Waals surface area (Å²) in [5, 5.41) is 13.5. The molecule has 0 radical (unpaired) electrons. The van der Waals surface area contributed by atoms with Crippen LogP contribution < -0.4 is 5.32 Å². The van der Waals surface area contributed by atoms with Crippen molar-refractivity contribution in [2.45, 2.75) is 32.6 Å². The number of hydrogen-bond acceptors (Lipinski definition) is 5. The number of hydrogen-bond donors (Lipinski definition) is 1. The maximum atomic E-state index is 12.0. The summed E-state index contributed by atoms with van der Waals surface area (Å²) >= 11 is 0. The molecule has 0 unspecified atom stereocenters. The van der Waals surface area contributed by atoms with E-state index in [2.05, 4.69) is 5.32 Å². The van der Waals surface area contributed by atoms with Crippen LogP contribution in [-0.4, -0.2) is 23.4 Å². The summed E-state index contributed by atoms with van der Waals surface area (Å²) in [5.74, 6) is -0.825. The number of carbonyl (C=O) groups is 2. The third kappa shape index (κ3) is 6.54. The number of nitrogens with one attached hydrogen (secondary N) is 1. The zero-order chi connectivity index (χ0) is 19.6. The van der Waals surface area contributed by atoms with Crippen molar-refractivity contribution in [2.75, 3.05) is 11.9 Å². The fourth-order valence-electron chi connectivity index (χ4n) is 2.56. The van der Waals surface area contributed by atoms with Gasteiger partial charge in [-0.2, -0.15) is 0 Å². The van der Waals surface area contributed by atoms with E-state index in [1.54, 1.807) is 13.0 Å². The minimum absolute atomic E-state index is 0.0366. The number of carbonyl (C=O) groups excluding carboxylic acids is 2. The highest BCUT2D eigenvalue weighted by molar-refractivity contribution is 5.93. The SMILES string of the molecule is Cc1c(NC(=O)CCC(=O)OCCCc2ccccc2)cccc1[N+](=O)[O-]. The monoisotopic (exact) mass is 370 g/mol. The number of benzene rings is 2. The third-order valence-electron chi connectivity index (χ3n) is 4.05. The van der Waals surface area contributed by atoms with Crippen LogP contribution in [0.3, 0.4) is 0 Å². The first-order valence-corrected chi connectivity index (χ1v) is 8.71. The van der Waals surface area contributed by atoms with Gasteiger partial charge in [-0.05, 0) is 31.4 Å². The molecular weight excluding hydrogens is 348 g/mol. The minimum atomic E-state index is -0.502. The second-order valence-corrected chi connectivity index (χ2v) is 6.06. The maximum absolute atomic E-state index is 12.0. The fourth-order valence-corrected chi connectivity index (χ4v) is 2.56. The fraction of sp³-hybridized carbons (Fsp3) is 0.300. The highest BCUT2D eigenvalue weighted by Gasteiger charge is 2.15. The van der Waals surface area contributed by atoms with Gasteiger partial charge in [-0.3, -0.25) is 19.7 Å². The molecule has 7 heteroatoms. The first-order valence-electron chi connectivity index (χ1n) is 8.71. The molecule has 0 saturated heterocycles. The lowest BCUT2D eigenvalue weighted by Gasteiger charge is -2.09. The number of nitro benzene ring substituents is 1. The Morgan fingerprint density at radius 3 is 2.52 bits per heavy atom. The van der Waals surface area contributed by atoms with Gasteiger partial charge in [0, 0.05) is 12.5 Å². The Labute approximate surface area is 157 Å². The number of aryl methyl sites for hydroxylation is 1. The molecule has 27 heavy (non-hydrogen) atoms. The lowest BCUT2D eigenvalue weighted by molar-refractivity contribution is -0.385. The first kappa shape index (κ1) is 20.1. The van der Waals surface area contributed by atoms with Crippen LogP contribution in [0.1, 0.15) is 30.4 Å². The van der Waals surface area contributed by atoms with Gasteiger partial charge in [0.1, 0.15) is 0 Å². The average Bonchev–Trinajstić information content (AvgIpc) is 2.66. The summed E-state index contributed by atoms with van der Waals surface area (Å²) in [6, 6.07) is 14.4. The van der Waals surface area contributed by atoms with E-state index in [1.165, 1.54) is 17.7 Å². The largest absolute Gasteiger partial charge is 0.466 e. The molecule has 2 aromatic rings. The van der Waals surface area contributed by atoms with Crippen molar-refractivity contribution in [3.63, 3.8) is 0 Å². The molecule has 0 aliphatic carbocycles. The molecule has 2 aromatic carbocycles. The van der Waals surface area contributed by atoms with Crippen LogP contribution in [0.2, 0.25) is 0 Å². The van der Waals surface area contributed by atoms with Crippen LogP contribution in [0.15, 0.2) is 48.5 Å². The summed E-state index contributed by atoms with van der Waals surface area (Å²) in [4.78, 5) is 34.1. The second-order valence-electron chi connectivity index (χ2n) is 6.06. The van der Waals surface area contributed by atoms with E-state index in [-0.39, 0.29) is 24.4 Å². The van der Waals surface area contributed by atoms with Crippen LogP contribution >= 0.6 is 0 Å². The number of esters is 1. The van der Waals surface area contributed by atoms with Crippen molar-refractivity contribution < 1.29 is 19.2 Å². The smallest absolute Gasteiger partial charge is 0.306 e. The Balaban J connectivity index is 1.70. The molecule has 2 rings (SSSR count). The third-order valence-corrected chi connectivity index (χ3v) is 4.05. The molecule has 0 aromatic heterocycles. The average molecular weight is 370 g/mol. The predicted octanol–water partition coefficient (Wildman–Crippen LogP) is 3.80. The first-order chi connectivity index (χ1) is 13.0. The number of amides is 1. The Morgan fingerprint density at radius 1 is 1.07 bits per heavy atom. The number of nitrogens with zero attached hydrogens (tertiary/aromatic N) is 1. The molecular formula is C20H22N2O5. The van der Waals surface area contributed by atoms with Crippen LogP contribution in [-0.2, 0) is 20.7 Å². The Bertz CT molecular complexity index is 805. The molecule has 0 atom stereocenters. The maximum Gasteiger partial charge on any atom is 0.306 e. The molecule has 1 N–H and O–H groups in total. The van der Waals surface area contributed by atoms with Crippen molar-refractivity contribution in [3.8, 4) is 0 Å². The van der Waals surface area contributed by atoms with Gasteiger partial charge in [0.2, 0.25) is 5.91 Å². The summed E-state index contributed by atoms with van der Waals surface area (Å²) in [6.45, 7) is 1.87. The van der Waals surface area contributed by atoms with Gasteiger partial charge in [-0.25, -0.2) is 0 Å². The molecule has 0 aliphatic heterocycles. The summed E-state index contributed by atoms with van der Waals surface area (Å²) < 4.78 is 5.13. The topological polar surface area (TPSA) is 98.5 Å². The van der Waals surface area contributed by atoms with Crippen LogP contribution in [0.5, 0.6) is 0 Å². The van der Waals surface area contributed by atoms with Gasteiger partial charge < -0.3 is 10.1 Å². The highest BCUT2D eigenvalue weighted by Crippen LogP contribution is 2.25. The molecule has 0 fully saturated rings. The molecule has 7 nitrogen and oxygen atoms in total. The Hall–Kier alpha value is -3.22. The number of rotatable bonds is 9. The second kappa shape index (κ2) is 10.1. The van der Waals surface area contributed by atoms with E-state index in [0.717, 1.165) is 12.8 Å². The summed E-state index contributed by atoms with van der Waals surface area (Å²) in [5.41, 5.74) is 1.86. The van der Waals surface area contributed by atoms with Gasteiger partial charge in [0.15, 0.2) is 0 Å². The van der Waals surface area contributed by atoms with E-state index in [4.69, 9.17) is 4.74 Å². The predicted molar refractivity (Wildman–Crippen MR) is 101 cm³/mol. The number of anilines is 1.